The summed E-state index contributed by atoms with van der Waals surface area (Å²) in [6.45, 7) is 3.50. The summed E-state index contributed by atoms with van der Waals surface area (Å²) in [6, 6.07) is 4.75. The maximum absolute atomic E-state index is 11.9. The zero-order chi connectivity index (χ0) is 14.9. The van der Waals surface area contributed by atoms with Crippen molar-refractivity contribution in [1.82, 2.24) is 0 Å². The molecule has 0 unspecified atom stereocenters. The Morgan fingerprint density at radius 3 is 2.65 bits per heavy atom. The van der Waals surface area contributed by atoms with E-state index in [1.807, 2.05) is 6.92 Å². The Balaban J connectivity index is 1.93. The zero-order valence-electron chi connectivity index (χ0n) is 11.2. The van der Waals surface area contributed by atoms with Gasteiger partial charge in [0, 0.05) is 5.02 Å². The first-order valence-corrected chi connectivity index (χ1v) is 7.10. The van der Waals surface area contributed by atoms with Crippen LogP contribution in [-0.4, -0.2) is 18.0 Å². The van der Waals surface area contributed by atoms with Crippen molar-refractivity contribution in [3.63, 3.8) is 0 Å². The van der Waals surface area contributed by atoms with Crippen molar-refractivity contribution in [2.24, 2.45) is 11.8 Å². The van der Waals surface area contributed by atoms with Gasteiger partial charge in [-0.1, -0.05) is 30.1 Å². The molecule has 4 nitrogen and oxygen atoms in total. The predicted octanol–water partition coefficient (Wildman–Crippen LogP) is 3.52. The molecule has 3 atom stereocenters. The number of benzene rings is 1. The van der Waals surface area contributed by atoms with Gasteiger partial charge < -0.3 is 10.1 Å². The standard InChI is InChI=1S/C14H15Cl2NO3/c1-7-5-10(7)14(19)20-8(2)13(18)17-12-6-9(15)3-4-11(12)16/h3-4,6-8,10H,5H2,1-2H3,(H,17,18)/t7-,8+,10+/m1/s1. The van der Waals surface area contributed by atoms with Crippen LogP contribution in [0.5, 0.6) is 0 Å². The van der Waals surface area contributed by atoms with Crippen LogP contribution < -0.4 is 5.32 Å². The van der Waals surface area contributed by atoms with Crippen LogP contribution in [0.3, 0.4) is 0 Å². The molecular weight excluding hydrogens is 301 g/mol. The van der Waals surface area contributed by atoms with Crippen molar-refractivity contribution in [1.29, 1.82) is 0 Å². The lowest BCUT2D eigenvalue weighted by molar-refractivity contribution is -0.154. The minimum absolute atomic E-state index is 0.0694. The van der Waals surface area contributed by atoms with Gasteiger partial charge in [-0.3, -0.25) is 9.59 Å². The van der Waals surface area contributed by atoms with Crippen LogP contribution in [0.4, 0.5) is 5.69 Å². The number of halogens is 2. The second-order valence-electron chi connectivity index (χ2n) is 5.01. The second-order valence-corrected chi connectivity index (χ2v) is 5.86. The van der Waals surface area contributed by atoms with Gasteiger partial charge in [0.25, 0.3) is 5.91 Å². The smallest absolute Gasteiger partial charge is 0.309 e. The Hall–Kier alpha value is -1.26. The third-order valence-electron chi connectivity index (χ3n) is 3.26. The van der Waals surface area contributed by atoms with Crippen LogP contribution in [-0.2, 0) is 14.3 Å². The molecule has 2 rings (SSSR count). The van der Waals surface area contributed by atoms with Gasteiger partial charge in [-0.15, -0.1) is 0 Å². The van der Waals surface area contributed by atoms with Gasteiger partial charge in [0.1, 0.15) is 0 Å². The average molecular weight is 316 g/mol. The molecule has 1 aromatic carbocycles. The number of carbonyl (C=O) groups is 2. The summed E-state index contributed by atoms with van der Waals surface area (Å²) in [4.78, 5) is 23.6. The van der Waals surface area contributed by atoms with Crippen LogP contribution >= 0.6 is 23.2 Å². The van der Waals surface area contributed by atoms with E-state index >= 15 is 0 Å². The quantitative estimate of drug-likeness (QED) is 0.865. The summed E-state index contributed by atoms with van der Waals surface area (Å²) in [5, 5.41) is 3.43. The van der Waals surface area contributed by atoms with Crippen LogP contribution in [0.2, 0.25) is 10.0 Å². The van der Waals surface area contributed by atoms with Crippen molar-refractivity contribution in [3.8, 4) is 0 Å². The van der Waals surface area contributed by atoms with Gasteiger partial charge >= 0.3 is 5.97 Å². The van der Waals surface area contributed by atoms with Crippen molar-refractivity contribution < 1.29 is 14.3 Å². The fraction of sp³-hybridized carbons (Fsp3) is 0.429. The van der Waals surface area contributed by atoms with Crippen LogP contribution in [0.25, 0.3) is 0 Å². The number of carbonyl (C=O) groups excluding carboxylic acids is 2. The van der Waals surface area contributed by atoms with E-state index in [-0.39, 0.29) is 11.9 Å². The highest BCUT2D eigenvalue weighted by molar-refractivity contribution is 6.35. The Kier molecular flexibility index (Phi) is 4.55. The molecule has 0 aromatic heterocycles. The van der Waals surface area contributed by atoms with Crippen molar-refractivity contribution in [2.45, 2.75) is 26.4 Å². The summed E-state index contributed by atoms with van der Waals surface area (Å²) >= 11 is 11.8. The highest BCUT2D eigenvalue weighted by Gasteiger charge is 2.41. The molecule has 1 fully saturated rings. The van der Waals surface area contributed by atoms with Crippen LogP contribution in [0.15, 0.2) is 18.2 Å². The molecule has 108 valence electrons. The molecule has 0 bridgehead atoms. The summed E-state index contributed by atoms with van der Waals surface area (Å²) in [7, 11) is 0. The predicted molar refractivity (Wildman–Crippen MR) is 77.9 cm³/mol. The first-order valence-electron chi connectivity index (χ1n) is 6.35. The highest BCUT2D eigenvalue weighted by atomic mass is 35.5. The van der Waals surface area contributed by atoms with Gasteiger partial charge in [0.05, 0.1) is 16.6 Å². The van der Waals surface area contributed by atoms with Crippen molar-refractivity contribution in [2.75, 3.05) is 5.32 Å². The Morgan fingerprint density at radius 1 is 1.40 bits per heavy atom. The van der Waals surface area contributed by atoms with Crippen molar-refractivity contribution >= 4 is 40.8 Å². The fourth-order valence-electron chi connectivity index (χ4n) is 1.79. The molecule has 0 heterocycles. The lowest BCUT2D eigenvalue weighted by atomic mass is 10.3. The van der Waals surface area contributed by atoms with E-state index in [0.717, 1.165) is 6.42 Å². The minimum atomic E-state index is -0.870. The third-order valence-corrected chi connectivity index (χ3v) is 3.83. The highest BCUT2D eigenvalue weighted by Crippen LogP contribution is 2.38. The van der Waals surface area contributed by atoms with Gasteiger partial charge in [0.15, 0.2) is 6.10 Å². The topological polar surface area (TPSA) is 55.4 Å². The third kappa shape index (κ3) is 3.64. The van der Waals surface area contributed by atoms with E-state index in [4.69, 9.17) is 27.9 Å². The molecule has 6 heteroatoms. The van der Waals surface area contributed by atoms with Gasteiger partial charge in [0.2, 0.25) is 0 Å². The molecule has 0 spiro atoms. The molecule has 1 saturated carbocycles. The number of ether oxygens (including phenoxy) is 1. The number of nitrogens with one attached hydrogen (secondary N) is 1. The second kappa shape index (κ2) is 6.02. The number of esters is 1. The summed E-state index contributed by atoms with van der Waals surface area (Å²) in [5.74, 6) is -0.478. The lowest BCUT2D eigenvalue weighted by Gasteiger charge is -2.14. The zero-order valence-corrected chi connectivity index (χ0v) is 12.7. The normalized spacial score (nSPS) is 22.0. The molecule has 0 radical (unpaired) electrons. The van der Waals surface area contributed by atoms with Gasteiger partial charge in [-0.05, 0) is 37.5 Å². The molecule has 0 aliphatic heterocycles. The molecule has 1 aliphatic rings. The summed E-state index contributed by atoms with van der Waals surface area (Å²) in [6.07, 6.45) is -0.0434. The summed E-state index contributed by atoms with van der Waals surface area (Å²) < 4.78 is 5.12. The minimum Gasteiger partial charge on any atom is -0.452 e. The fourth-order valence-corrected chi connectivity index (χ4v) is 2.13. The molecule has 1 amide bonds. The van der Waals surface area contributed by atoms with E-state index in [1.165, 1.54) is 6.92 Å². The van der Waals surface area contributed by atoms with E-state index < -0.39 is 12.0 Å². The molecule has 1 aliphatic carbocycles. The van der Waals surface area contributed by atoms with Crippen molar-refractivity contribution in [3.05, 3.63) is 28.2 Å². The molecular formula is C14H15Cl2NO3. The number of anilines is 1. The number of hydrogen-bond acceptors (Lipinski definition) is 3. The average Bonchev–Trinajstić information content (AvgIpc) is 3.11. The number of hydrogen-bond donors (Lipinski definition) is 1. The van der Waals surface area contributed by atoms with E-state index in [2.05, 4.69) is 5.32 Å². The van der Waals surface area contributed by atoms with E-state index in [1.54, 1.807) is 18.2 Å². The Bertz CT molecular complexity index is 547. The molecule has 0 saturated heterocycles. The largest absolute Gasteiger partial charge is 0.452 e. The Labute approximate surface area is 127 Å². The van der Waals surface area contributed by atoms with Gasteiger partial charge in [-0.2, -0.15) is 0 Å². The number of rotatable bonds is 4. The maximum Gasteiger partial charge on any atom is 0.309 e. The molecule has 1 N–H and O–H groups in total. The monoisotopic (exact) mass is 315 g/mol. The van der Waals surface area contributed by atoms with Crippen LogP contribution in [0, 0.1) is 11.8 Å². The van der Waals surface area contributed by atoms with Crippen LogP contribution in [0.1, 0.15) is 20.3 Å². The number of amides is 1. The first kappa shape index (κ1) is 15.1. The lowest BCUT2D eigenvalue weighted by Crippen LogP contribution is -2.30. The van der Waals surface area contributed by atoms with Gasteiger partial charge in [-0.25, -0.2) is 0 Å². The SMILES string of the molecule is C[C@H](OC(=O)[C@H]1C[C@H]1C)C(=O)Nc1cc(Cl)ccc1Cl. The summed E-state index contributed by atoms with van der Waals surface area (Å²) in [5.41, 5.74) is 0.395. The maximum atomic E-state index is 11.9. The molecule has 20 heavy (non-hydrogen) atoms. The first-order chi connectivity index (χ1) is 9.38. The molecule has 1 aromatic rings. The van der Waals surface area contributed by atoms with E-state index in [9.17, 15) is 9.59 Å². The Morgan fingerprint density at radius 2 is 2.05 bits per heavy atom. The van der Waals surface area contributed by atoms with E-state index in [0.29, 0.717) is 21.7 Å².